The van der Waals surface area contributed by atoms with Crippen LogP contribution in [0.25, 0.3) is 0 Å². The molecule has 0 aliphatic carbocycles. The molecule has 0 aromatic carbocycles. The van der Waals surface area contributed by atoms with Gasteiger partial charge in [-0.25, -0.2) is 9.86 Å². The molecule has 0 radical (unpaired) electrons. The maximum Gasteiger partial charge on any atom is 0.343 e. The molecule has 0 aromatic heterocycles. The fraction of sp³-hybridized carbons (Fsp3) is 0.857. The standard InChI is InChI=1S/C7H14N2O2/c1-3-8-6(2)4-5-9(11)7(8)10/h6,11H,3-5H2,1-2H3. The molecule has 1 N–H and O–H groups in total. The minimum absolute atomic E-state index is 0.260. The van der Waals surface area contributed by atoms with Crippen LogP contribution in [0.1, 0.15) is 20.3 Å². The maximum absolute atomic E-state index is 11.2. The summed E-state index contributed by atoms with van der Waals surface area (Å²) < 4.78 is 0. The van der Waals surface area contributed by atoms with Gasteiger partial charge in [-0.05, 0) is 20.3 Å². The highest BCUT2D eigenvalue weighted by Gasteiger charge is 2.28. The molecule has 1 unspecified atom stereocenters. The first-order valence-electron chi connectivity index (χ1n) is 3.93. The molecule has 0 spiro atoms. The van der Waals surface area contributed by atoms with Crippen LogP contribution in [0.3, 0.4) is 0 Å². The van der Waals surface area contributed by atoms with E-state index in [1.165, 1.54) is 0 Å². The Morgan fingerprint density at radius 2 is 2.36 bits per heavy atom. The van der Waals surface area contributed by atoms with Gasteiger partial charge in [0.1, 0.15) is 0 Å². The van der Waals surface area contributed by atoms with E-state index in [4.69, 9.17) is 5.21 Å². The second kappa shape index (κ2) is 3.09. The Morgan fingerprint density at radius 3 is 2.82 bits per heavy atom. The summed E-state index contributed by atoms with van der Waals surface area (Å²) in [5, 5.41) is 9.82. The second-order valence-electron chi connectivity index (χ2n) is 2.83. The molecule has 4 heteroatoms. The van der Waals surface area contributed by atoms with Crippen LogP contribution < -0.4 is 0 Å². The number of carbonyl (C=O) groups excluding carboxylic acids is 1. The summed E-state index contributed by atoms with van der Waals surface area (Å²) in [6.07, 6.45) is 0.843. The van der Waals surface area contributed by atoms with Crippen molar-refractivity contribution < 1.29 is 10.0 Å². The van der Waals surface area contributed by atoms with E-state index in [-0.39, 0.29) is 12.1 Å². The monoisotopic (exact) mass is 158 g/mol. The summed E-state index contributed by atoms with van der Waals surface area (Å²) in [4.78, 5) is 12.8. The lowest BCUT2D eigenvalue weighted by Crippen LogP contribution is -2.51. The lowest BCUT2D eigenvalue weighted by Gasteiger charge is -2.36. The van der Waals surface area contributed by atoms with Crippen molar-refractivity contribution in [3.63, 3.8) is 0 Å². The van der Waals surface area contributed by atoms with Crippen LogP contribution in [0.5, 0.6) is 0 Å². The van der Waals surface area contributed by atoms with Crippen molar-refractivity contribution in [1.82, 2.24) is 9.96 Å². The Kier molecular flexibility index (Phi) is 2.34. The van der Waals surface area contributed by atoms with Gasteiger partial charge < -0.3 is 4.90 Å². The summed E-state index contributed by atoms with van der Waals surface area (Å²) in [5.41, 5.74) is 0. The maximum atomic E-state index is 11.2. The highest BCUT2D eigenvalue weighted by atomic mass is 16.5. The lowest BCUT2D eigenvalue weighted by molar-refractivity contribution is -0.0796. The topological polar surface area (TPSA) is 43.8 Å². The molecule has 1 aliphatic rings. The van der Waals surface area contributed by atoms with E-state index >= 15 is 0 Å². The Hall–Kier alpha value is -0.770. The Labute approximate surface area is 66.4 Å². The number of hydroxylamine groups is 2. The van der Waals surface area contributed by atoms with Crippen LogP contribution in [0.15, 0.2) is 0 Å². The number of carbonyl (C=O) groups is 1. The number of nitrogens with zero attached hydrogens (tertiary/aromatic N) is 2. The minimum atomic E-state index is -0.272. The molecule has 1 aliphatic heterocycles. The number of amides is 2. The summed E-state index contributed by atoms with van der Waals surface area (Å²) in [5.74, 6) is 0. The quantitative estimate of drug-likeness (QED) is 0.576. The van der Waals surface area contributed by atoms with Gasteiger partial charge in [0.2, 0.25) is 0 Å². The fourth-order valence-electron chi connectivity index (χ4n) is 1.34. The molecular weight excluding hydrogens is 144 g/mol. The van der Waals surface area contributed by atoms with Crippen molar-refractivity contribution in [3.8, 4) is 0 Å². The van der Waals surface area contributed by atoms with Crippen LogP contribution in [-0.4, -0.2) is 40.3 Å². The zero-order valence-electron chi connectivity index (χ0n) is 6.95. The number of hydrogen-bond donors (Lipinski definition) is 1. The van der Waals surface area contributed by atoms with Crippen LogP contribution in [0.2, 0.25) is 0 Å². The lowest BCUT2D eigenvalue weighted by atomic mass is 10.2. The van der Waals surface area contributed by atoms with Gasteiger partial charge in [0.15, 0.2) is 0 Å². The van der Waals surface area contributed by atoms with Crippen LogP contribution in [-0.2, 0) is 0 Å². The van der Waals surface area contributed by atoms with Gasteiger partial charge in [0.05, 0.1) is 6.54 Å². The average Bonchev–Trinajstić information content (AvgIpc) is 1.99. The summed E-state index contributed by atoms with van der Waals surface area (Å²) in [6, 6.07) is -0.0119. The third-order valence-corrected chi connectivity index (χ3v) is 2.10. The highest BCUT2D eigenvalue weighted by Crippen LogP contribution is 2.13. The van der Waals surface area contributed by atoms with Gasteiger partial charge in [0, 0.05) is 12.6 Å². The van der Waals surface area contributed by atoms with Crippen molar-refractivity contribution in [2.24, 2.45) is 0 Å². The molecule has 0 saturated carbocycles. The number of hydrogen-bond acceptors (Lipinski definition) is 2. The van der Waals surface area contributed by atoms with Gasteiger partial charge in [-0.3, -0.25) is 5.21 Å². The normalized spacial score (nSPS) is 26.1. The average molecular weight is 158 g/mol. The molecule has 11 heavy (non-hydrogen) atoms. The van der Waals surface area contributed by atoms with Crippen molar-refractivity contribution in [1.29, 1.82) is 0 Å². The Balaban J connectivity index is 2.63. The van der Waals surface area contributed by atoms with Crippen molar-refractivity contribution in [3.05, 3.63) is 0 Å². The van der Waals surface area contributed by atoms with E-state index in [9.17, 15) is 4.79 Å². The second-order valence-corrected chi connectivity index (χ2v) is 2.83. The van der Waals surface area contributed by atoms with Gasteiger partial charge in [-0.1, -0.05) is 0 Å². The zero-order valence-corrected chi connectivity index (χ0v) is 6.95. The van der Waals surface area contributed by atoms with Crippen LogP contribution in [0.4, 0.5) is 4.79 Å². The fourth-order valence-corrected chi connectivity index (χ4v) is 1.34. The van der Waals surface area contributed by atoms with Crippen molar-refractivity contribution in [2.75, 3.05) is 13.1 Å². The number of urea groups is 1. The molecular formula is C7H14N2O2. The van der Waals surface area contributed by atoms with E-state index < -0.39 is 0 Å². The summed E-state index contributed by atoms with van der Waals surface area (Å²) in [6.45, 7) is 5.02. The predicted octanol–water partition coefficient (Wildman–Crippen LogP) is 0.912. The third-order valence-electron chi connectivity index (χ3n) is 2.10. The molecule has 1 atom stereocenters. The van der Waals surface area contributed by atoms with E-state index in [1.54, 1.807) is 4.90 Å². The first kappa shape index (κ1) is 8.33. The van der Waals surface area contributed by atoms with Crippen molar-refractivity contribution >= 4 is 6.03 Å². The highest BCUT2D eigenvalue weighted by molar-refractivity contribution is 5.74. The number of rotatable bonds is 1. The molecule has 4 nitrogen and oxygen atoms in total. The van der Waals surface area contributed by atoms with E-state index in [2.05, 4.69) is 0 Å². The van der Waals surface area contributed by atoms with Crippen LogP contribution in [0, 0.1) is 0 Å². The SMILES string of the molecule is CCN1C(=O)N(O)CCC1C. The van der Waals surface area contributed by atoms with Gasteiger partial charge in [-0.15, -0.1) is 0 Å². The molecule has 1 heterocycles. The molecule has 1 rings (SSSR count). The molecule has 1 saturated heterocycles. The Bertz CT molecular complexity index is 161. The van der Waals surface area contributed by atoms with Gasteiger partial charge in [0.25, 0.3) is 0 Å². The van der Waals surface area contributed by atoms with Crippen molar-refractivity contribution in [2.45, 2.75) is 26.3 Å². The predicted molar refractivity (Wildman–Crippen MR) is 40.3 cm³/mol. The van der Waals surface area contributed by atoms with E-state index in [0.29, 0.717) is 13.1 Å². The van der Waals surface area contributed by atoms with E-state index in [0.717, 1.165) is 11.5 Å². The molecule has 2 amide bonds. The zero-order chi connectivity index (χ0) is 8.43. The first-order valence-corrected chi connectivity index (χ1v) is 3.93. The molecule has 64 valence electrons. The van der Waals surface area contributed by atoms with E-state index in [1.807, 2.05) is 13.8 Å². The summed E-state index contributed by atoms with van der Waals surface area (Å²) in [7, 11) is 0. The first-order chi connectivity index (χ1) is 5.16. The summed E-state index contributed by atoms with van der Waals surface area (Å²) >= 11 is 0. The largest absolute Gasteiger partial charge is 0.343 e. The molecule has 0 bridgehead atoms. The van der Waals surface area contributed by atoms with Gasteiger partial charge in [-0.2, -0.15) is 0 Å². The molecule has 0 aromatic rings. The molecule has 1 fully saturated rings. The van der Waals surface area contributed by atoms with Crippen LogP contribution >= 0.6 is 0 Å². The van der Waals surface area contributed by atoms with Gasteiger partial charge >= 0.3 is 6.03 Å². The Morgan fingerprint density at radius 1 is 1.73 bits per heavy atom. The third kappa shape index (κ3) is 1.45. The minimum Gasteiger partial charge on any atom is -0.320 e. The smallest absolute Gasteiger partial charge is 0.320 e.